The lowest BCUT2D eigenvalue weighted by Crippen LogP contribution is -2.51. The second-order valence-corrected chi connectivity index (χ2v) is 5.47. The molecule has 1 fully saturated rings. The summed E-state index contributed by atoms with van der Waals surface area (Å²) in [5.41, 5.74) is 0.977. The number of carbonyl (C=O) groups excluding carboxylic acids is 2. The van der Waals surface area contributed by atoms with E-state index in [4.69, 9.17) is 0 Å². The fraction of sp³-hybridized carbons (Fsp3) is 0.467. The molecule has 102 valence electrons. The lowest BCUT2D eigenvalue weighted by molar-refractivity contribution is -0.123. The largest absolute Gasteiger partial charge is 0.311 e. The van der Waals surface area contributed by atoms with Gasteiger partial charge in [0.05, 0.1) is 5.54 Å². The Labute approximate surface area is 113 Å². The number of anilines is 1. The molecule has 4 nitrogen and oxygen atoms in total. The summed E-state index contributed by atoms with van der Waals surface area (Å²) in [7, 11) is 0. The first-order chi connectivity index (χ1) is 8.92. The topological polar surface area (TPSA) is 49.4 Å². The summed E-state index contributed by atoms with van der Waals surface area (Å²) in [6.45, 7) is 6.88. The van der Waals surface area contributed by atoms with E-state index in [1.165, 1.54) is 0 Å². The van der Waals surface area contributed by atoms with Crippen LogP contribution in [0.3, 0.4) is 0 Å². The van der Waals surface area contributed by atoms with Gasteiger partial charge in [-0.05, 0) is 58.0 Å². The van der Waals surface area contributed by atoms with Crippen LogP contribution < -0.4 is 10.2 Å². The molecular weight excluding hydrogens is 240 g/mol. The first-order valence-electron chi connectivity index (χ1n) is 6.60. The molecule has 2 rings (SSSR count). The molecule has 0 saturated carbocycles. The highest BCUT2D eigenvalue weighted by atomic mass is 16.2. The molecule has 1 aromatic rings. The van der Waals surface area contributed by atoms with Crippen LogP contribution in [-0.2, 0) is 4.79 Å². The maximum Gasteiger partial charge on any atom is 0.246 e. The quantitative estimate of drug-likeness (QED) is 0.827. The minimum atomic E-state index is -0.546. The summed E-state index contributed by atoms with van der Waals surface area (Å²) in [5, 5.41) is 3.25. The predicted octanol–water partition coefficient (Wildman–Crippen LogP) is 1.99. The number of nitrogens with one attached hydrogen (secondary N) is 1. The Hall–Kier alpha value is -1.68. The van der Waals surface area contributed by atoms with E-state index in [0.29, 0.717) is 12.1 Å². The maximum atomic E-state index is 12.5. The lowest BCUT2D eigenvalue weighted by atomic mass is 10.0. The lowest BCUT2D eigenvalue weighted by Gasteiger charge is -2.29. The van der Waals surface area contributed by atoms with Crippen LogP contribution in [0.1, 0.15) is 37.6 Å². The molecule has 4 heteroatoms. The number of carbonyl (C=O) groups is 2. The number of hydrogen-bond donors (Lipinski definition) is 1. The van der Waals surface area contributed by atoms with Gasteiger partial charge in [-0.25, -0.2) is 0 Å². The van der Waals surface area contributed by atoms with Gasteiger partial charge in [0.2, 0.25) is 5.91 Å². The number of amides is 1. The Balaban J connectivity index is 2.29. The number of benzene rings is 1. The van der Waals surface area contributed by atoms with Gasteiger partial charge in [0, 0.05) is 17.8 Å². The van der Waals surface area contributed by atoms with Gasteiger partial charge in [-0.1, -0.05) is 0 Å². The van der Waals surface area contributed by atoms with Gasteiger partial charge in [0.25, 0.3) is 0 Å². The van der Waals surface area contributed by atoms with E-state index in [9.17, 15) is 9.59 Å². The standard InChI is InChI=1S/C15H20N2O2/c1-11(18)12-5-7-13(8-6-12)17-10-4-9-16-15(2,3)14(17)19/h5-8,16H,4,9-10H2,1-3H3. The zero-order chi connectivity index (χ0) is 14.0. The van der Waals surface area contributed by atoms with Crippen LogP contribution in [0, 0.1) is 0 Å². The highest BCUT2D eigenvalue weighted by molar-refractivity contribution is 6.00. The van der Waals surface area contributed by atoms with E-state index in [1.54, 1.807) is 24.0 Å². The zero-order valence-electron chi connectivity index (χ0n) is 11.7. The highest BCUT2D eigenvalue weighted by Crippen LogP contribution is 2.21. The molecule has 0 atom stereocenters. The van der Waals surface area contributed by atoms with Crippen LogP contribution >= 0.6 is 0 Å². The third kappa shape index (κ3) is 2.84. The van der Waals surface area contributed by atoms with Crippen LogP contribution in [0.15, 0.2) is 24.3 Å². The van der Waals surface area contributed by atoms with Gasteiger partial charge < -0.3 is 10.2 Å². The summed E-state index contributed by atoms with van der Waals surface area (Å²) < 4.78 is 0. The monoisotopic (exact) mass is 260 g/mol. The fourth-order valence-electron chi connectivity index (χ4n) is 2.28. The molecular formula is C15H20N2O2. The summed E-state index contributed by atoms with van der Waals surface area (Å²) in [4.78, 5) is 25.5. The average molecular weight is 260 g/mol. The Morgan fingerprint density at radius 2 is 1.89 bits per heavy atom. The van der Waals surface area contributed by atoms with Crippen molar-refractivity contribution in [3.05, 3.63) is 29.8 Å². The smallest absolute Gasteiger partial charge is 0.246 e. The second kappa shape index (κ2) is 5.13. The molecule has 1 amide bonds. The first kappa shape index (κ1) is 13.7. The molecule has 1 aromatic carbocycles. The van der Waals surface area contributed by atoms with Crippen molar-refractivity contribution < 1.29 is 9.59 Å². The van der Waals surface area contributed by atoms with E-state index < -0.39 is 5.54 Å². The molecule has 1 aliphatic rings. The molecule has 0 unspecified atom stereocenters. The van der Waals surface area contributed by atoms with Crippen molar-refractivity contribution in [2.45, 2.75) is 32.7 Å². The van der Waals surface area contributed by atoms with Crippen LogP contribution in [-0.4, -0.2) is 30.3 Å². The molecule has 1 N–H and O–H groups in total. The summed E-state index contributed by atoms with van der Waals surface area (Å²) in [5.74, 6) is 0.108. The van der Waals surface area contributed by atoms with Crippen molar-refractivity contribution in [1.29, 1.82) is 0 Å². The average Bonchev–Trinajstić information content (AvgIpc) is 2.50. The van der Waals surface area contributed by atoms with Crippen molar-refractivity contribution in [1.82, 2.24) is 5.32 Å². The zero-order valence-corrected chi connectivity index (χ0v) is 11.7. The Kier molecular flexibility index (Phi) is 3.71. The Morgan fingerprint density at radius 1 is 1.26 bits per heavy atom. The van der Waals surface area contributed by atoms with Crippen molar-refractivity contribution in [2.75, 3.05) is 18.0 Å². The third-order valence-electron chi connectivity index (χ3n) is 3.49. The normalized spacial score (nSPS) is 19.1. The van der Waals surface area contributed by atoms with E-state index in [1.807, 2.05) is 26.0 Å². The van der Waals surface area contributed by atoms with Crippen LogP contribution in [0.25, 0.3) is 0 Å². The number of hydrogen-bond acceptors (Lipinski definition) is 3. The van der Waals surface area contributed by atoms with Crippen LogP contribution in [0.5, 0.6) is 0 Å². The highest BCUT2D eigenvalue weighted by Gasteiger charge is 2.34. The van der Waals surface area contributed by atoms with Gasteiger partial charge in [-0.15, -0.1) is 0 Å². The fourth-order valence-corrected chi connectivity index (χ4v) is 2.28. The molecule has 0 spiro atoms. The Bertz CT molecular complexity index is 491. The number of Topliss-reactive ketones (excluding diaryl/α,β-unsaturated/α-hetero) is 1. The molecule has 0 radical (unpaired) electrons. The van der Waals surface area contributed by atoms with Crippen LogP contribution in [0.2, 0.25) is 0 Å². The summed E-state index contributed by atoms with van der Waals surface area (Å²) in [6, 6.07) is 7.23. The minimum absolute atomic E-state index is 0.0377. The summed E-state index contributed by atoms with van der Waals surface area (Å²) >= 11 is 0. The van der Waals surface area contributed by atoms with E-state index in [-0.39, 0.29) is 11.7 Å². The van der Waals surface area contributed by atoms with Crippen LogP contribution in [0.4, 0.5) is 5.69 Å². The molecule has 0 aliphatic carbocycles. The van der Waals surface area contributed by atoms with Gasteiger partial charge in [-0.3, -0.25) is 9.59 Å². The first-order valence-corrected chi connectivity index (χ1v) is 6.60. The summed E-state index contributed by atoms with van der Waals surface area (Å²) in [6.07, 6.45) is 0.920. The third-order valence-corrected chi connectivity index (χ3v) is 3.49. The van der Waals surface area contributed by atoms with Crippen molar-refractivity contribution >= 4 is 17.4 Å². The minimum Gasteiger partial charge on any atom is -0.311 e. The second-order valence-electron chi connectivity index (χ2n) is 5.47. The van der Waals surface area contributed by atoms with Crippen molar-refractivity contribution in [2.24, 2.45) is 0 Å². The van der Waals surface area contributed by atoms with E-state index in [0.717, 1.165) is 18.7 Å². The van der Waals surface area contributed by atoms with Gasteiger partial charge in [0.15, 0.2) is 5.78 Å². The number of nitrogens with zero attached hydrogens (tertiary/aromatic N) is 1. The maximum absolute atomic E-state index is 12.5. The van der Waals surface area contributed by atoms with E-state index in [2.05, 4.69) is 5.32 Å². The predicted molar refractivity (Wildman–Crippen MR) is 75.5 cm³/mol. The number of ketones is 1. The molecule has 19 heavy (non-hydrogen) atoms. The molecule has 1 heterocycles. The molecule has 0 aromatic heterocycles. The molecule has 0 bridgehead atoms. The van der Waals surface area contributed by atoms with Gasteiger partial charge >= 0.3 is 0 Å². The number of rotatable bonds is 2. The van der Waals surface area contributed by atoms with Crippen molar-refractivity contribution in [3.63, 3.8) is 0 Å². The molecule has 1 aliphatic heterocycles. The SMILES string of the molecule is CC(=O)c1ccc(N2CCCNC(C)(C)C2=O)cc1. The van der Waals surface area contributed by atoms with Gasteiger partial charge in [0.1, 0.15) is 0 Å². The van der Waals surface area contributed by atoms with Gasteiger partial charge in [-0.2, -0.15) is 0 Å². The van der Waals surface area contributed by atoms with E-state index >= 15 is 0 Å². The van der Waals surface area contributed by atoms with Crippen molar-refractivity contribution in [3.8, 4) is 0 Å². The molecule has 1 saturated heterocycles. The Morgan fingerprint density at radius 3 is 2.47 bits per heavy atom.